The third kappa shape index (κ3) is 3.82. The summed E-state index contributed by atoms with van der Waals surface area (Å²) in [6, 6.07) is 8.47. The van der Waals surface area contributed by atoms with Crippen molar-refractivity contribution < 1.29 is 5.11 Å². The first kappa shape index (κ1) is 17.8. The van der Waals surface area contributed by atoms with E-state index in [2.05, 4.69) is 6.92 Å². The number of halogens is 1. The van der Waals surface area contributed by atoms with Crippen LogP contribution in [0.15, 0.2) is 39.9 Å². The van der Waals surface area contributed by atoms with Crippen molar-refractivity contribution in [2.45, 2.75) is 51.6 Å². The van der Waals surface area contributed by atoms with Gasteiger partial charge in [-0.05, 0) is 42.9 Å². The molecule has 1 saturated carbocycles. The predicted molar refractivity (Wildman–Crippen MR) is 98.5 cm³/mol. The second-order valence-corrected chi connectivity index (χ2v) is 7.29. The van der Waals surface area contributed by atoms with E-state index < -0.39 is 11.2 Å². The van der Waals surface area contributed by atoms with Crippen LogP contribution in [0.3, 0.4) is 0 Å². The Kier molecular flexibility index (Phi) is 5.33. The van der Waals surface area contributed by atoms with Crippen molar-refractivity contribution in [3.8, 4) is 5.88 Å². The first-order chi connectivity index (χ1) is 12.0. The fourth-order valence-electron chi connectivity index (χ4n) is 3.71. The van der Waals surface area contributed by atoms with Crippen molar-refractivity contribution in [3.05, 3.63) is 61.8 Å². The minimum absolute atomic E-state index is 0.0910. The van der Waals surface area contributed by atoms with E-state index in [1.165, 1.54) is 9.13 Å². The largest absolute Gasteiger partial charge is 0.494 e. The highest BCUT2D eigenvalue weighted by atomic mass is 35.5. The van der Waals surface area contributed by atoms with Gasteiger partial charge in [0.25, 0.3) is 5.56 Å². The zero-order chi connectivity index (χ0) is 18.0. The number of hydrogen-bond donors (Lipinski definition) is 1. The van der Waals surface area contributed by atoms with E-state index >= 15 is 0 Å². The normalized spacial score (nSPS) is 20.6. The summed E-state index contributed by atoms with van der Waals surface area (Å²) in [6.45, 7) is 2.38. The molecule has 0 aliphatic heterocycles. The highest BCUT2D eigenvalue weighted by molar-refractivity contribution is 6.30. The van der Waals surface area contributed by atoms with Crippen LogP contribution in [0, 0.1) is 5.92 Å². The zero-order valence-electron chi connectivity index (χ0n) is 14.3. The van der Waals surface area contributed by atoms with Gasteiger partial charge >= 0.3 is 5.69 Å². The van der Waals surface area contributed by atoms with Gasteiger partial charge in [0.05, 0.1) is 6.07 Å². The zero-order valence-corrected chi connectivity index (χ0v) is 15.1. The topological polar surface area (TPSA) is 64.2 Å². The monoisotopic (exact) mass is 362 g/mol. The Balaban J connectivity index is 1.93. The van der Waals surface area contributed by atoms with E-state index in [0.29, 0.717) is 18.0 Å². The summed E-state index contributed by atoms with van der Waals surface area (Å²) in [4.78, 5) is 25.2. The number of hydrogen-bond acceptors (Lipinski definition) is 3. The standard InChI is InChI=1S/C19H23ClN2O3/c1-13-5-2-3-8-16(13)22-18(24)12-17(23)21(19(22)25)10-9-14-6-4-7-15(20)11-14/h4,6-7,11-13,16,23H,2-3,5,8-10H2,1H3/t13-,16+/m0/s1. The van der Waals surface area contributed by atoms with Crippen LogP contribution < -0.4 is 11.2 Å². The molecule has 25 heavy (non-hydrogen) atoms. The summed E-state index contributed by atoms with van der Waals surface area (Å²) in [6.07, 6.45) is 4.54. The van der Waals surface area contributed by atoms with Gasteiger partial charge in [-0.25, -0.2) is 4.79 Å². The van der Waals surface area contributed by atoms with Crippen molar-refractivity contribution in [1.82, 2.24) is 9.13 Å². The summed E-state index contributed by atoms with van der Waals surface area (Å²) in [5, 5.41) is 10.8. The fourth-order valence-corrected chi connectivity index (χ4v) is 3.92. The van der Waals surface area contributed by atoms with Gasteiger partial charge in [0, 0.05) is 17.6 Å². The molecule has 1 aromatic heterocycles. The van der Waals surface area contributed by atoms with E-state index in [1.54, 1.807) is 6.07 Å². The Bertz CT molecular complexity index is 872. The molecule has 0 spiro atoms. The first-order valence-electron chi connectivity index (χ1n) is 8.77. The second kappa shape index (κ2) is 7.48. The van der Waals surface area contributed by atoms with Crippen LogP contribution >= 0.6 is 11.6 Å². The van der Waals surface area contributed by atoms with Crippen LogP contribution in [0.4, 0.5) is 0 Å². The number of aromatic nitrogens is 2. The number of aryl methyl sites for hydroxylation is 1. The molecule has 0 unspecified atom stereocenters. The molecule has 1 N–H and O–H groups in total. The molecule has 1 heterocycles. The van der Waals surface area contributed by atoms with Crippen LogP contribution in [0.2, 0.25) is 5.02 Å². The van der Waals surface area contributed by atoms with Crippen molar-refractivity contribution >= 4 is 11.6 Å². The number of rotatable bonds is 4. The molecule has 0 saturated heterocycles. The molecule has 6 heteroatoms. The maximum Gasteiger partial charge on any atom is 0.334 e. The average Bonchev–Trinajstić information content (AvgIpc) is 2.56. The molecule has 0 radical (unpaired) electrons. The molecule has 5 nitrogen and oxygen atoms in total. The Labute approximate surface area is 151 Å². The summed E-state index contributed by atoms with van der Waals surface area (Å²) in [7, 11) is 0. The van der Waals surface area contributed by atoms with Gasteiger partial charge in [-0.1, -0.05) is 43.5 Å². The van der Waals surface area contributed by atoms with Crippen molar-refractivity contribution in [2.75, 3.05) is 0 Å². The molecule has 0 bridgehead atoms. The molecule has 1 aliphatic rings. The van der Waals surface area contributed by atoms with Gasteiger partial charge in [0.2, 0.25) is 5.88 Å². The third-order valence-corrected chi connectivity index (χ3v) is 5.35. The van der Waals surface area contributed by atoms with Gasteiger partial charge in [-0.2, -0.15) is 0 Å². The molecule has 0 amide bonds. The molecule has 3 rings (SSSR count). The number of benzene rings is 1. The van der Waals surface area contributed by atoms with Crippen LogP contribution in [0.5, 0.6) is 5.88 Å². The number of nitrogens with zero attached hydrogens (tertiary/aromatic N) is 2. The SMILES string of the molecule is C[C@H]1CCCC[C@H]1n1c(=O)cc(O)n(CCc2cccc(Cl)c2)c1=O. The lowest BCUT2D eigenvalue weighted by molar-refractivity contribution is 0.238. The summed E-state index contributed by atoms with van der Waals surface area (Å²) in [5.41, 5.74) is 0.133. The Hall–Kier alpha value is -2.01. The average molecular weight is 363 g/mol. The van der Waals surface area contributed by atoms with Crippen molar-refractivity contribution in [2.24, 2.45) is 5.92 Å². The summed E-state index contributed by atoms with van der Waals surface area (Å²) < 4.78 is 2.62. The molecule has 2 atom stereocenters. The first-order valence-corrected chi connectivity index (χ1v) is 9.15. The lowest BCUT2D eigenvalue weighted by Crippen LogP contribution is -2.44. The quantitative estimate of drug-likeness (QED) is 0.907. The molecule has 1 aliphatic carbocycles. The van der Waals surface area contributed by atoms with E-state index in [1.807, 2.05) is 18.2 Å². The Morgan fingerprint density at radius 1 is 1.20 bits per heavy atom. The van der Waals surface area contributed by atoms with Crippen LogP contribution in [-0.4, -0.2) is 14.2 Å². The Morgan fingerprint density at radius 3 is 2.68 bits per heavy atom. The van der Waals surface area contributed by atoms with E-state index in [9.17, 15) is 14.7 Å². The van der Waals surface area contributed by atoms with Gasteiger partial charge < -0.3 is 5.11 Å². The van der Waals surface area contributed by atoms with Crippen LogP contribution in [0.1, 0.15) is 44.2 Å². The minimum atomic E-state index is -0.425. The third-order valence-electron chi connectivity index (χ3n) is 5.11. The van der Waals surface area contributed by atoms with Gasteiger partial charge in [0.1, 0.15) is 0 Å². The fraction of sp³-hybridized carbons (Fsp3) is 0.474. The van der Waals surface area contributed by atoms with Crippen LogP contribution in [-0.2, 0) is 13.0 Å². The second-order valence-electron chi connectivity index (χ2n) is 6.85. The maximum absolute atomic E-state index is 12.9. The lowest BCUT2D eigenvalue weighted by atomic mass is 9.86. The van der Waals surface area contributed by atoms with Gasteiger partial charge in [0.15, 0.2) is 0 Å². The van der Waals surface area contributed by atoms with Gasteiger partial charge in [-0.15, -0.1) is 0 Å². The summed E-state index contributed by atoms with van der Waals surface area (Å²) >= 11 is 5.99. The van der Waals surface area contributed by atoms with E-state index in [0.717, 1.165) is 37.3 Å². The highest BCUT2D eigenvalue weighted by Gasteiger charge is 2.26. The highest BCUT2D eigenvalue weighted by Crippen LogP contribution is 2.31. The molecule has 1 aromatic carbocycles. The predicted octanol–water partition coefficient (Wildman–Crippen LogP) is 3.36. The minimum Gasteiger partial charge on any atom is -0.494 e. The van der Waals surface area contributed by atoms with Crippen LogP contribution in [0.25, 0.3) is 0 Å². The van der Waals surface area contributed by atoms with Crippen molar-refractivity contribution in [3.63, 3.8) is 0 Å². The molecular formula is C19H23ClN2O3. The van der Waals surface area contributed by atoms with Crippen molar-refractivity contribution in [1.29, 1.82) is 0 Å². The molecule has 1 fully saturated rings. The van der Waals surface area contributed by atoms with E-state index in [4.69, 9.17) is 11.6 Å². The van der Waals surface area contributed by atoms with E-state index in [-0.39, 0.29) is 17.8 Å². The summed E-state index contributed by atoms with van der Waals surface area (Å²) in [5.74, 6) is 0.00168. The van der Waals surface area contributed by atoms with Gasteiger partial charge in [-0.3, -0.25) is 13.9 Å². The lowest BCUT2D eigenvalue weighted by Gasteiger charge is -2.30. The molecular weight excluding hydrogens is 340 g/mol. The smallest absolute Gasteiger partial charge is 0.334 e. The molecule has 134 valence electrons. The number of aromatic hydroxyl groups is 1. The maximum atomic E-state index is 12.9. The Morgan fingerprint density at radius 2 is 1.96 bits per heavy atom. The molecule has 2 aromatic rings.